The molecule has 0 fully saturated rings. The lowest BCUT2D eigenvalue weighted by Crippen LogP contribution is -2.11. The van der Waals surface area contributed by atoms with Crippen LogP contribution in [0.3, 0.4) is 0 Å². The SMILES string of the molecule is CCCCCCCCCCCCCCCCCCCCOS(=O)(=O)CCCCCCCCCCCC(F)F.N. The molecular weight excluding hydrogens is 516 g/mol. The van der Waals surface area contributed by atoms with Crippen LogP contribution in [0.4, 0.5) is 8.78 Å². The Morgan fingerprint density at radius 2 is 0.795 bits per heavy atom. The van der Waals surface area contributed by atoms with Crippen LogP contribution in [-0.4, -0.2) is 27.2 Å². The van der Waals surface area contributed by atoms with Crippen LogP contribution in [-0.2, 0) is 14.3 Å². The molecule has 0 aliphatic carbocycles. The molecule has 0 aromatic rings. The predicted octanol–water partition coefficient (Wildman–Crippen LogP) is 11.7. The summed E-state index contributed by atoms with van der Waals surface area (Å²) in [5, 5.41) is 0. The molecule has 0 aliphatic heterocycles. The van der Waals surface area contributed by atoms with Gasteiger partial charge in [0.2, 0.25) is 6.43 Å². The Bertz CT molecular complexity index is 562. The van der Waals surface area contributed by atoms with E-state index in [4.69, 9.17) is 4.18 Å². The van der Waals surface area contributed by atoms with E-state index < -0.39 is 16.5 Å². The van der Waals surface area contributed by atoms with Crippen molar-refractivity contribution in [1.82, 2.24) is 6.15 Å². The fraction of sp³-hybridized carbons (Fsp3) is 1.00. The molecule has 0 rings (SSSR count). The van der Waals surface area contributed by atoms with Crippen molar-refractivity contribution in [3.8, 4) is 0 Å². The molecule has 0 amide bonds. The summed E-state index contributed by atoms with van der Waals surface area (Å²) in [6.45, 7) is 2.60. The first-order valence-corrected chi connectivity index (χ1v) is 18.2. The maximum atomic E-state index is 12.1. The number of halogens is 2. The molecule has 7 heteroatoms. The molecule has 3 N–H and O–H groups in total. The Hall–Kier alpha value is -0.270. The Morgan fingerprint density at radius 3 is 1.15 bits per heavy atom. The molecule has 39 heavy (non-hydrogen) atoms. The summed E-state index contributed by atoms with van der Waals surface area (Å²) >= 11 is 0. The van der Waals surface area contributed by atoms with E-state index in [9.17, 15) is 17.2 Å². The van der Waals surface area contributed by atoms with Gasteiger partial charge in [0.05, 0.1) is 12.4 Å². The second-order valence-corrected chi connectivity index (χ2v) is 13.2. The molecule has 0 bridgehead atoms. The predicted molar refractivity (Wildman–Crippen MR) is 166 cm³/mol. The topological polar surface area (TPSA) is 78.4 Å². The standard InChI is InChI=1S/C32H64F2O3S.H3N/c1-2-3-4-5-6-7-8-9-10-11-12-13-14-15-18-21-24-27-30-37-38(35,36)31-28-25-22-19-16-17-20-23-26-29-32(33)34;/h32H,2-31H2,1H3;1H3. The van der Waals surface area contributed by atoms with Crippen molar-refractivity contribution in [2.24, 2.45) is 0 Å². The van der Waals surface area contributed by atoms with Gasteiger partial charge in [-0.15, -0.1) is 0 Å². The summed E-state index contributed by atoms with van der Waals surface area (Å²) in [5.74, 6) is 0.125. The summed E-state index contributed by atoms with van der Waals surface area (Å²) < 4.78 is 53.3. The molecular formula is C32H67F2NO3S. The summed E-state index contributed by atoms with van der Waals surface area (Å²) in [4.78, 5) is 0. The lowest BCUT2D eigenvalue weighted by atomic mass is 10.0. The molecule has 0 heterocycles. The fourth-order valence-corrected chi connectivity index (χ4v) is 6.11. The smallest absolute Gasteiger partial charge is 0.267 e. The van der Waals surface area contributed by atoms with E-state index in [1.165, 1.54) is 103 Å². The third-order valence-electron chi connectivity index (χ3n) is 7.58. The third-order valence-corrected chi connectivity index (χ3v) is 8.89. The van der Waals surface area contributed by atoms with E-state index in [-0.39, 0.29) is 18.3 Å². The number of hydrogen-bond donors (Lipinski definition) is 1. The number of hydrogen-bond acceptors (Lipinski definition) is 4. The zero-order valence-corrected chi connectivity index (χ0v) is 26.7. The van der Waals surface area contributed by atoms with Gasteiger partial charge in [-0.2, -0.15) is 8.42 Å². The van der Waals surface area contributed by atoms with Crippen LogP contribution in [0, 0.1) is 0 Å². The maximum absolute atomic E-state index is 12.1. The third kappa shape index (κ3) is 35.7. The van der Waals surface area contributed by atoms with Crippen molar-refractivity contribution in [2.75, 3.05) is 12.4 Å². The van der Waals surface area contributed by atoms with Gasteiger partial charge in [0.25, 0.3) is 10.1 Å². The highest BCUT2D eigenvalue weighted by molar-refractivity contribution is 7.86. The molecule has 0 aliphatic rings. The van der Waals surface area contributed by atoms with Crippen LogP contribution in [0.1, 0.15) is 187 Å². The molecule has 0 aromatic carbocycles. The molecule has 0 atom stereocenters. The van der Waals surface area contributed by atoms with E-state index in [0.29, 0.717) is 19.4 Å². The van der Waals surface area contributed by atoms with Crippen LogP contribution >= 0.6 is 0 Å². The summed E-state index contributed by atoms with van der Waals surface area (Å²) in [7, 11) is -3.38. The lowest BCUT2D eigenvalue weighted by Gasteiger charge is -2.06. The Balaban J connectivity index is 0. The molecule has 0 aromatic heterocycles. The minimum Gasteiger partial charge on any atom is -0.344 e. The number of alkyl halides is 2. The van der Waals surface area contributed by atoms with E-state index in [1.807, 2.05) is 0 Å². The first-order chi connectivity index (χ1) is 18.5. The molecule has 4 nitrogen and oxygen atoms in total. The highest BCUT2D eigenvalue weighted by Gasteiger charge is 2.10. The second kappa shape index (κ2) is 32.2. The summed E-state index contributed by atoms with van der Waals surface area (Å²) in [6.07, 6.45) is 30.1. The Labute approximate surface area is 242 Å². The first kappa shape index (κ1) is 40.9. The van der Waals surface area contributed by atoms with Crippen molar-refractivity contribution in [2.45, 2.75) is 193 Å². The maximum Gasteiger partial charge on any atom is 0.267 e. The van der Waals surface area contributed by atoms with Crippen molar-refractivity contribution < 1.29 is 21.4 Å². The van der Waals surface area contributed by atoms with E-state index >= 15 is 0 Å². The van der Waals surface area contributed by atoms with Gasteiger partial charge in [-0.1, -0.05) is 161 Å². The van der Waals surface area contributed by atoms with E-state index in [1.54, 1.807) is 0 Å². The highest BCUT2D eigenvalue weighted by Crippen LogP contribution is 2.15. The van der Waals surface area contributed by atoms with Gasteiger partial charge in [-0.05, 0) is 19.3 Å². The van der Waals surface area contributed by atoms with Crippen molar-refractivity contribution in [1.29, 1.82) is 0 Å². The molecule has 0 saturated heterocycles. The number of rotatable bonds is 32. The van der Waals surface area contributed by atoms with Gasteiger partial charge in [-0.25, -0.2) is 8.78 Å². The molecule has 0 unspecified atom stereocenters. The van der Waals surface area contributed by atoms with E-state index in [2.05, 4.69) is 6.92 Å². The van der Waals surface area contributed by atoms with Gasteiger partial charge in [0.1, 0.15) is 0 Å². The zero-order valence-electron chi connectivity index (χ0n) is 25.9. The van der Waals surface area contributed by atoms with Gasteiger partial charge >= 0.3 is 0 Å². The minimum atomic E-state index is -3.38. The Kier molecular flexibility index (Phi) is 33.8. The molecule has 238 valence electrons. The van der Waals surface area contributed by atoms with Crippen molar-refractivity contribution >= 4 is 10.1 Å². The van der Waals surface area contributed by atoms with Crippen LogP contribution in [0.2, 0.25) is 0 Å². The zero-order chi connectivity index (χ0) is 28.0. The van der Waals surface area contributed by atoms with Crippen LogP contribution < -0.4 is 6.15 Å². The highest BCUT2D eigenvalue weighted by atomic mass is 32.2. The first-order valence-electron chi connectivity index (χ1n) is 16.6. The molecule has 0 saturated carbocycles. The average Bonchev–Trinajstić information content (AvgIpc) is 2.88. The van der Waals surface area contributed by atoms with Gasteiger partial charge in [-0.3, -0.25) is 4.18 Å². The van der Waals surface area contributed by atoms with Gasteiger partial charge in [0, 0.05) is 6.42 Å². The second-order valence-electron chi connectivity index (χ2n) is 11.5. The van der Waals surface area contributed by atoms with E-state index in [0.717, 1.165) is 57.8 Å². The quantitative estimate of drug-likeness (QED) is 0.0631. The monoisotopic (exact) mass is 583 g/mol. The lowest BCUT2D eigenvalue weighted by molar-refractivity contribution is 0.133. The van der Waals surface area contributed by atoms with Crippen molar-refractivity contribution in [3.63, 3.8) is 0 Å². The van der Waals surface area contributed by atoms with Crippen molar-refractivity contribution in [3.05, 3.63) is 0 Å². The molecule has 0 radical (unpaired) electrons. The number of unbranched alkanes of at least 4 members (excludes halogenated alkanes) is 25. The van der Waals surface area contributed by atoms with Crippen LogP contribution in [0.5, 0.6) is 0 Å². The molecule has 0 spiro atoms. The normalized spacial score (nSPS) is 11.8. The average molecular weight is 584 g/mol. The largest absolute Gasteiger partial charge is 0.344 e. The Morgan fingerprint density at radius 1 is 0.487 bits per heavy atom. The van der Waals surface area contributed by atoms with Crippen LogP contribution in [0.15, 0.2) is 0 Å². The summed E-state index contributed by atoms with van der Waals surface area (Å²) in [5.41, 5.74) is 0. The summed E-state index contributed by atoms with van der Waals surface area (Å²) in [6, 6.07) is 0. The van der Waals surface area contributed by atoms with Gasteiger partial charge in [0.15, 0.2) is 0 Å². The minimum absolute atomic E-state index is 0. The fourth-order valence-electron chi connectivity index (χ4n) is 5.06. The van der Waals surface area contributed by atoms with Crippen LogP contribution in [0.25, 0.3) is 0 Å². The van der Waals surface area contributed by atoms with Gasteiger partial charge < -0.3 is 6.15 Å².